The Morgan fingerprint density at radius 2 is 1.85 bits per heavy atom. The van der Waals surface area contributed by atoms with E-state index in [-0.39, 0.29) is 36.6 Å². The molecule has 1 aliphatic rings. The summed E-state index contributed by atoms with van der Waals surface area (Å²) in [4.78, 5) is 36.9. The molecule has 0 saturated carbocycles. The number of halogens is 1. The first-order chi connectivity index (χ1) is 15.3. The molecule has 0 aliphatic carbocycles. The minimum atomic E-state index is -0.364. The molecule has 2 heterocycles. The first-order valence-corrected chi connectivity index (χ1v) is 11.8. The fourth-order valence-corrected chi connectivity index (χ4v) is 5.18. The van der Waals surface area contributed by atoms with Crippen LogP contribution in [0.15, 0.2) is 42.5 Å². The number of anilines is 2. The molecule has 6 nitrogen and oxygen atoms in total. The number of aryl methyl sites for hydroxylation is 2. The zero-order valence-electron chi connectivity index (χ0n) is 19.6. The van der Waals surface area contributed by atoms with E-state index in [9.17, 15) is 9.59 Å². The highest BCUT2D eigenvalue weighted by molar-refractivity contribution is 7.22. The lowest BCUT2D eigenvalue weighted by Crippen LogP contribution is -2.39. The molecule has 2 aromatic carbocycles. The molecule has 0 radical (unpaired) electrons. The average Bonchev–Trinajstić information content (AvgIpc) is 3.38. The predicted octanol–water partition coefficient (Wildman–Crippen LogP) is 4.67. The van der Waals surface area contributed by atoms with Gasteiger partial charge in [0.25, 0.3) is 0 Å². The molecule has 1 fully saturated rings. The zero-order valence-corrected chi connectivity index (χ0v) is 21.2. The summed E-state index contributed by atoms with van der Waals surface area (Å²) in [6.07, 6.45) is 1.08. The van der Waals surface area contributed by atoms with Gasteiger partial charge in [0, 0.05) is 25.2 Å². The van der Waals surface area contributed by atoms with Gasteiger partial charge in [-0.3, -0.25) is 14.5 Å². The maximum Gasteiger partial charge on any atom is 0.234 e. The largest absolute Gasteiger partial charge is 0.312 e. The van der Waals surface area contributed by atoms with Crippen molar-refractivity contribution in [1.29, 1.82) is 0 Å². The number of benzene rings is 2. The van der Waals surface area contributed by atoms with Crippen molar-refractivity contribution < 1.29 is 9.59 Å². The van der Waals surface area contributed by atoms with Gasteiger partial charge in [-0.15, -0.1) is 12.4 Å². The van der Waals surface area contributed by atoms with Crippen LogP contribution in [-0.2, 0) is 9.59 Å². The lowest BCUT2D eigenvalue weighted by molar-refractivity contribution is -0.124. The van der Waals surface area contributed by atoms with Gasteiger partial charge in [-0.25, -0.2) is 4.98 Å². The quantitative estimate of drug-likeness (QED) is 0.487. The van der Waals surface area contributed by atoms with Crippen molar-refractivity contribution in [2.75, 3.05) is 43.5 Å². The van der Waals surface area contributed by atoms with Gasteiger partial charge in [-0.1, -0.05) is 35.6 Å². The Morgan fingerprint density at radius 1 is 1.12 bits per heavy atom. The minimum absolute atomic E-state index is 0. The van der Waals surface area contributed by atoms with Crippen molar-refractivity contribution in [3.63, 3.8) is 0 Å². The fraction of sp³-hybridized carbons (Fsp3) is 0.400. The fourth-order valence-electron chi connectivity index (χ4n) is 4.13. The van der Waals surface area contributed by atoms with Crippen molar-refractivity contribution in [3.8, 4) is 0 Å². The van der Waals surface area contributed by atoms with E-state index in [0.717, 1.165) is 39.6 Å². The van der Waals surface area contributed by atoms with Crippen molar-refractivity contribution >= 4 is 56.6 Å². The highest BCUT2D eigenvalue weighted by atomic mass is 35.5. The molecule has 33 heavy (non-hydrogen) atoms. The van der Waals surface area contributed by atoms with Gasteiger partial charge in [0.05, 0.1) is 16.1 Å². The number of para-hydroxylation sites is 1. The van der Waals surface area contributed by atoms with E-state index in [1.54, 1.807) is 16.2 Å². The highest BCUT2D eigenvalue weighted by Gasteiger charge is 2.38. The number of rotatable bonds is 7. The van der Waals surface area contributed by atoms with Crippen LogP contribution in [0.2, 0.25) is 0 Å². The van der Waals surface area contributed by atoms with Gasteiger partial charge in [0.15, 0.2) is 5.13 Å². The molecule has 1 saturated heterocycles. The van der Waals surface area contributed by atoms with Crippen LogP contribution in [0.4, 0.5) is 10.8 Å². The van der Waals surface area contributed by atoms with Gasteiger partial charge >= 0.3 is 0 Å². The van der Waals surface area contributed by atoms with E-state index in [1.807, 2.05) is 49.3 Å². The van der Waals surface area contributed by atoms with Crippen molar-refractivity contribution in [1.82, 2.24) is 9.88 Å². The second-order valence-electron chi connectivity index (χ2n) is 8.74. The van der Waals surface area contributed by atoms with Gasteiger partial charge in [0.2, 0.25) is 11.8 Å². The number of fused-ring (bicyclic) bond motifs is 1. The second kappa shape index (κ2) is 10.6. The van der Waals surface area contributed by atoms with Gasteiger partial charge in [-0.2, -0.15) is 0 Å². The molecule has 1 aromatic heterocycles. The van der Waals surface area contributed by atoms with Crippen LogP contribution in [0, 0.1) is 19.8 Å². The predicted molar refractivity (Wildman–Crippen MR) is 139 cm³/mol. The number of hydrogen-bond acceptors (Lipinski definition) is 5. The number of aromatic nitrogens is 1. The topological polar surface area (TPSA) is 56.8 Å². The molecule has 3 aromatic rings. The molecule has 1 unspecified atom stereocenters. The van der Waals surface area contributed by atoms with E-state index < -0.39 is 0 Å². The van der Waals surface area contributed by atoms with Crippen LogP contribution in [-0.4, -0.2) is 55.4 Å². The molecule has 1 aliphatic heterocycles. The Hall–Kier alpha value is -2.48. The highest BCUT2D eigenvalue weighted by Crippen LogP contribution is 2.34. The molecule has 0 bridgehead atoms. The van der Waals surface area contributed by atoms with Crippen molar-refractivity contribution in [3.05, 3.63) is 53.6 Å². The number of carbonyl (C=O) groups is 2. The van der Waals surface area contributed by atoms with Crippen LogP contribution >= 0.6 is 23.7 Å². The Balaban J connectivity index is 0.00000306. The van der Waals surface area contributed by atoms with Crippen molar-refractivity contribution in [2.45, 2.75) is 26.7 Å². The number of hydrogen-bond donors (Lipinski definition) is 0. The van der Waals surface area contributed by atoms with Crippen LogP contribution in [0.5, 0.6) is 0 Å². The molecule has 8 heteroatoms. The summed E-state index contributed by atoms with van der Waals surface area (Å²) in [7, 11) is 4.06. The van der Waals surface area contributed by atoms with E-state index >= 15 is 0 Å². The standard InChI is InChI=1S/C25H30N4O2S.ClH/c1-17-11-12-21-23(18(17)2)26-25(32-21)28(14-8-13-27(3)4)24(31)19-15-22(30)29(16-19)20-9-6-5-7-10-20;/h5-7,9-12,19H,8,13-16H2,1-4H3;1H. The lowest BCUT2D eigenvalue weighted by atomic mass is 10.1. The molecule has 176 valence electrons. The molecule has 1 atom stereocenters. The average molecular weight is 487 g/mol. The summed E-state index contributed by atoms with van der Waals surface area (Å²) in [5, 5.41) is 0.725. The van der Waals surface area contributed by atoms with Crippen LogP contribution in [0.25, 0.3) is 10.2 Å². The number of carbonyl (C=O) groups excluding carboxylic acids is 2. The number of thiazole rings is 1. The number of amides is 2. The molecule has 2 amide bonds. The molecule has 0 N–H and O–H groups in total. The molecular formula is C25H31ClN4O2S. The van der Waals surface area contributed by atoms with E-state index in [0.29, 0.717) is 13.1 Å². The van der Waals surface area contributed by atoms with Gasteiger partial charge < -0.3 is 9.80 Å². The minimum Gasteiger partial charge on any atom is -0.312 e. The molecule has 4 rings (SSSR count). The normalized spacial score (nSPS) is 15.8. The van der Waals surface area contributed by atoms with Gasteiger partial charge in [0.1, 0.15) is 0 Å². The SMILES string of the molecule is Cc1ccc2sc(N(CCCN(C)C)C(=O)C3CC(=O)N(c4ccccc4)C3)nc2c1C.Cl. The van der Waals surface area contributed by atoms with Gasteiger partial charge in [-0.05, 0) is 70.2 Å². The monoisotopic (exact) mass is 486 g/mol. The summed E-state index contributed by atoms with van der Waals surface area (Å²) < 4.78 is 1.09. The van der Waals surface area contributed by atoms with Crippen molar-refractivity contribution in [2.24, 2.45) is 5.92 Å². The van der Waals surface area contributed by atoms with E-state index in [1.165, 1.54) is 5.56 Å². The third-order valence-corrected chi connectivity index (χ3v) is 7.14. The summed E-state index contributed by atoms with van der Waals surface area (Å²) in [5.74, 6) is -0.376. The summed E-state index contributed by atoms with van der Waals surface area (Å²) >= 11 is 1.55. The summed E-state index contributed by atoms with van der Waals surface area (Å²) in [6, 6.07) is 13.8. The number of nitrogens with zero attached hydrogens (tertiary/aromatic N) is 4. The Labute approximate surface area is 205 Å². The maximum atomic E-state index is 13.7. The van der Waals surface area contributed by atoms with E-state index in [4.69, 9.17) is 4.98 Å². The first kappa shape index (κ1) is 25.1. The lowest BCUT2D eigenvalue weighted by Gasteiger charge is -2.24. The third kappa shape index (κ3) is 5.37. The molecular weight excluding hydrogens is 456 g/mol. The second-order valence-corrected chi connectivity index (χ2v) is 9.75. The van der Waals surface area contributed by atoms with Crippen LogP contribution in [0.1, 0.15) is 24.0 Å². The first-order valence-electron chi connectivity index (χ1n) is 11.0. The summed E-state index contributed by atoms with van der Waals surface area (Å²) in [6.45, 7) is 6.04. The third-order valence-electron chi connectivity index (χ3n) is 6.10. The Morgan fingerprint density at radius 3 is 2.55 bits per heavy atom. The zero-order chi connectivity index (χ0) is 22.8. The smallest absolute Gasteiger partial charge is 0.234 e. The van der Waals surface area contributed by atoms with Crippen LogP contribution < -0.4 is 9.80 Å². The summed E-state index contributed by atoms with van der Waals surface area (Å²) in [5.41, 5.74) is 4.15. The Kier molecular flexibility index (Phi) is 8.10. The molecule has 0 spiro atoms. The Bertz CT molecular complexity index is 1130. The van der Waals surface area contributed by atoms with E-state index in [2.05, 4.69) is 30.9 Å². The van der Waals surface area contributed by atoms with Crippen LogP contribution in [0.3, 0.4) is 0 Å². The maximum absolute atomic E-state index is 13.7.